The smallest absolute Gasteiger partial charge is 0.270 e. The summed E-state index contributed by atoms with van der Waals surface area (Å²) in [5.41, 5.74) is 0.520. The number of nitrogens with one attached hydrogen (secondary N) is 1. The summed E-state index contributed by atoms with van der Waals surface area (Å²) in [5, 5.41) is 2.82. The highest BCUT2D eigenvalue weighted by molar-refractivity contribution is 5.94. The van der Waals surface area contributed by atoms with Gasteiger partial charge in [-0.3, -0.25) is 14.0 Å². The van der Waals surface area contributed by atoms with Crippen molar-refractivity contribution in [3.05, 3.63) is 100 Å². The first kappa shape index (κ1) is 17.6. The van der Waals surface area contributed by atoms with Gasteiger partial charge in [0.2, 0.25) is 0 Å². The molecule has 0 saturated carbocycles. The Bertz CT molecular complexity index is 1210. The second-order valence-corrected chi connectivity index (χ2v) is 6.26. The van der Waals surface area contributed by atoms with Gasteiger partial charge in [0.15, 0.2) is 0 Å². The minimum atomic E-state index is -0.663. The van der Waals surface area contributed by atoms with Crippen LogP contribution in [0.25, 0.3) is 5.65 Å². The molecule has 140 valence electrons. The number of carbonyl (C=O) groups is 1. The fourth-order valence-electron chi connectivity index (χ4n) is 3.00. The molecule has 8 heteroatoms. The number of carbonyl (C=O) groups excluding carboxylic acids is 1. The molecule has 0 aliphatic rings. The van der Waals surface area contributed by atoms with E-state index in [4.69, 9.17) is 0 Å². The molecular formula is C20H16FN5O2. The van der Waals surface area contributed by atoms with Crippen LogP contribution in [0.5, 0.6) is 0 Å². The van der Waals surface area contributed by atoms with E-state index in [-0.39, 0.29) is 11.4 Å². The summed E-state index contributed by atoms with van der Waals surface area (Å²) in [4.78, 5) is 34.0. The van der Waals surface area contributed by atoms with Crippen molar-refractivity contribution in [2.24, 2.45) is 7.05 Å². The molecule has 3 aromatic heterocycles. The van der Waals surface area contributed by atoms with Crippen LogP contribution in [-0.4, -0.2) is 24.8 Å². The van der Waals surface area contributed by atoms with Crippen LogP contribution in [0.4, 0.5) is 4.39 Å². The molecule has 4 rings (SSSR count). The maximum Gasteiger partial charge on any atom is 0.270 e. The standard InChI is InChI=1S/C20H16FN5O2/c1-25-11-9-22-18(25)17(13-5-7-14(21)8-6-13)24-19(27)15-12-23-16-4-2-3-10-26(16)20(15)28/h2-12,17H,1H3,(H,24,27)/t17-/m0/s1. The van der Waals surface area contributed by atoms with Crippen molar-refractivity contribution in [3.63, 3.8) is 0 Å². The van der Waals surface area contributed by atoms with Crippen LogP contribution < -0.4 is 10.9 Å². The third-order valence-corrected chi connectivity index (χ3v) is 4.45. The molecule has 0 unspecified atom stereocenters. The minimum absolute atomic E-state index is 0.0926. The number of amides is 1. The molecule has 4 aromatic rings. The maximum atomic E-state index is 13.3. The van der Waals surface area contributed by atoms with Crippen molar-refractivity contribution < 1.29 is 9.18 Å². The number of rotatable bonds is 4. The predicted molar refractivity (Wildman–Crippen MR) is 100 cm³/mol. The molecule has 0 aliphatic carbocycles. The molecule has 3 heterocycles. The van der Waals surface area contributed by atoms with Gasteiger partial charge in [0.05, 0.1) is 0 Å². The van der Waals surface area contributed by atoms with E-state index >= 15 is 0 Å². The van der Waals surface area contributed by atoms with Crippen LogP contribution in [0.3, 0.4) is 0 Å². The van der Waals surface area contributed by atoms with Crippen LogP contribution in [0, 0.1) is 5.82 Å². The number of halogens is 1. The topological polar surface area (TPSA) is 81.3 Å². The second-order valence-electron chi connectivity index (χ2n) is 6.26. The van der Waals surface area contributed by atoms with Gasteiger partial charge in [0.25, 0.3) is 11.5 Å². The Labute approximate surface area is 159 Å². The summed E-state index contributed by atoms with van der Waals surface area (Å²) in [7, 11) is 1.79. The SMILES string of the molecule is Cn1ccnc1[C@@H](NC(=O)c1cnc2ccccn2c1=O)c1ccc(F)cc1. The van der Waals surface area contributed by atoms with Crippen LogP contribution in [0.1, 0.15) is 27.8 Å². The summed E-state index contributed by atoms with van der Waals surface area (Å²) in [5.74, 6) is -0.424. The number of hydrogen-bond acceptors (Lipinski definition) is 4. The molecule has 1 atom stereocenters. The molecule has 1 aromatic carbocycles. The van der Waals surface area contributed by atoms with Crippen molar-refractivity contribution in [1.29, 1.82) is 0 Å². The Balaban J connectivity index is 1.74. The van der Waals surface area contributed by atoms with E-state index in [2.05, 4.69) is 15.3 Å². The molecule has 1 N–H and O–H groups in total. The number of hydrogen-bond donors (Lipinski definition) is 1. The Morgan fingerprint density at radius 1 is 1.11 bits per heavy atom. The Kier molecular flexibility index (Phi) is 4.44. The Morgan fingerprint density at radius 2 is 1.89 bits per heavy atom. The van der Waals surface area contributed by atoms with E-state index in [1.807, 2.05) is 0 Å². The number of aryl methyl sites for hydroxylation is 1. The average molecular weight is 377 g/mol. The quantitative estimate of drug-likeness (QED) is 0.590. The molecule has 0 radical (unpaired) electrons. The van der Waals surface area contributed by atoms with Crippen molar-refractivity contribution >= 4 is 11.6 Å². The van der Waals surface area contributed by atoms with Gasteiger partial charge in [0, 0.05) is 31.8 Å². The van der Waals surface area contributed by atoms with Gasteiger partial charge in [-0.25, -0.2) is 14.4 Å². The van der Waals surface area contributed by atoms with E-state index in [1.165, 1.54) is 22.7 Å². The molecule has 0 spiro atoms. The lowest BCUT2D eigenvalue weighted by molar-refractivity contribution is 0.0939. The molecule has 7 nitrogen and oxygen atoms in total. The molecule has 0 saturated heterocycles. The lowest BCUT2D eigenvalue weighted by atomic mass is 10.1. The van der Waals surface area contributed by atoms with E-state index in [0.717, 1.165) is 0 Å². The summed E-state index contributed by atoms with van der Waals surface area (Å²) in [6.45, 7) is 0. The fraction of sp³-hybridized carbons (Fsp3) is 0.100. The van der Waals surface area contributed by atoms with Crippen molar-refractivity contribution in [2.75, 3.05) is 0 Å². The number of aromatic nitrogens is 4. The average Bonchev–Trinajstić information content (AvgIpc) is 3.13. The zero-order valence-corrected chi connectivity index (χ0v) is 14.9. The highest BCUT2D eigenvalue weighted by atomic mass is 19.1. The summed E-state index contributed by atoms with van der Waals surface area (Å²) < 4.78 is 16.4. The Morgan fingerprint density at radius 3 is 2.61 bits per heavy atom. The molecule has 28 heavy (non-hydrogen) atoms. The maximum absolute atomic E-state index is 13.3. The van der Waals surface area contributed by atoms with Gasteiger partial charge >= 0.3 is 0 Å². The van der Waals surface area contributed by atoms with Gasteiger partial charge in [-0.1, -0.05) is 18.2 Å². The highest BCUT2D eigenvalue weighted by Gasteiger charge is 2.23. The summed E-state index contributed by atoms with van der Waals surface area (Å²) >= 11 is 0. The summed E-state index contributed by atoms with van der Waals surface area (Å²) in [6.07, 6.45) is 6.15. The first-order chi connectivity index (χ1) is 13.5. The summed E-state index contributed by atoms with van der Waals surface area (Å²) in [6, 6.07) is 10.2. The van der Waals surface area contributed by atoms with Crippen molar-refractivity contribution in [1.82, 2.24) is 24.3 Å². The zero-order chi connectivity index (χ0) is 19.7. The van der Waals surface area contributed by atoms with E-state index in [0.29, 0.717) is 17.0 Å². The Hall–Kier alpha value is -3.81. The second kappa shape index (κ2) is 7.07. The molecule has 0 fully saturated rings. The molecule has 1 amide bonds. The van der Waals surface area contributed by atoms with Crippen LogP contribution >= 0.6 is 0 Å². The van der Waals surface area contributed by atoms with E-state index in [9.17, 15) is 14.0 Å². The molecular weight excluding hydrogens is 361 g/mol. The van der Waals surface area contributed by atoms with Gasteiger partial charge in [-0.05, 0) is 29.8 Å². The largest absolute Gasteiger partial charge is 0.338 e. The number of nitrogens with zero attached hydrogens (tertiary/aromatic N) is 4. The van der Waals surface area contributed by atoms with Crippen LogP contribution in [-0.2, 0) is 7.05 Å². The predicted octanol–water partition coefficient (Wildman–Crippen LogP) is 2.09. The van der Waals surface area contributed by atoms with Crippen molar-refractivity contribution in [3.8, 4) is 0 Å². The van der Waals surface area contributed by atoms with Crippen molar-refractivity contribution in [2.45, 2.75) is 6.04 Å². The lowest BCUT2D eigenvalue weighted by Gasteiger charge is -2.19. The first-order valence-electron chi connectivity index (χ1n) is 8.54. The monoisotopic (exact) mass is 377 g/mol. The zero-order valence-electron chi connectivity index (χ0n) is 14.9. The number of fused-ring (bicyclic) bond motifs is 1. The normalized spacial score (nSPS) is 12.1. The van der Waals surface area contributed by atoms with Gasteiger partial charge in [0.1, 0.15) is 28.9 Å². The number of pyridine rings is 1. The van der Waals surface area contributed by atoms with Gasteiger partial charge in [-0.2, -0.15) is 0 Å². The minimum Gasteiger partial charge on any atom is -0.338 e. The third kappa shape index (κ3) is 3.16. The molecule has 0 bridgehead atoms. The van der Waals surface area contributed by atoms with E-state index < -0.39 is 17.5 Å². The third-order valence-electron chi connectivity index (χ3n) is 4.45. The van der Waals surface area contributed by atoms with Gasteiger partial charge in [-0.15, -0.1) is 0 Å². The molecule has 0 aliphatic heterocycles. The van der Waals surface area contributed by atoms with Gasteiger partial charge < -0.3 is 9.88 Å². The lowest BCUT2D eigenvalue weighted by Crippen LogP contribution is -2.35. The van der Waals surface area contributed by atoms with Crippen LogP contribution in [0.2, 0.25) is 0 Å². The highest BCUT2D eigenvalue weighted by Crippen LogP contribution is 2.21. The number of imidazole rings is 1. The fourth-order valence-corrected chi connectivity index (χ4v) is 3.00. The van der Waals surface area contributed by atoms with E-state index in [1.54, 1.807) is 60.5 Å². The van der Waals surface area contributed by atoms with Crippen LogP contribution in [0.15, 0.2) is 72.0 Å². The first-order valence-corrected chi connectivity index (χ1v) is 8.54. The number of benzene rings is 1.